The Hall–Kier alpha value is -0.710. The minimum Gasteiger partial charge on any atom is -0.385 e. The number of hydrogen-bond acceptors (Lipinski definition) is 3. The molecule has 0 saturated carbocycles. The summed E-state index contributed by atoms with van der Waals surface area (Å²) in [6.07, 6.45) is 0.917. The highest BCUT2D eigenvalue weighted by atomic mass is 32.2. The van der Waals surface area contributed by atoms with Crippen LogP contribution in [0.3, 0.4) is 0 Å². The van der Waals surface area contributed by atoms with Gasteiger partial charge in [0.05, 0.1) is 0 Å². The summed E-state index contributed by atoms with van der Waals surface area (Å²) in [7, 11) is 0. The number of urea groups is 1. The first-order chi connectivity index (χ1) is 8.27. The molecule has 1 spiro atoms. The highest BCUT2D eigenvalue weighted by molar-refractivity contribution is 7.99. The van der Waals surface area contributed by atoms with Crippen molar-refractivity contribution in [2.75, 3.05) is 18.1 Å². The molecule has 2 aliphatic heterocycles. The monoisotopic (exact) mass is 269 g/mol. The maximum Gasteiger partial charge on any atom is 0.346 e. The van der Waals surface area contributed by atoms with Gasteiger partial charge in [-0.25, -0.2) is 4.79 Å². The van der Waals surface area contributed by atoms with Gasteiger partial charge >= 0.3 is 6.03 Å². The molecule has 2 aliphatic rings. The Balaban J connectivity index is 2.32. The number of nitrogens with two attached hydrogens (primary N) is 1. The fraction of sp³-hybridized carbons (Fsp3) is 0.846. The molecule has 1 unspecified atom stereocenters. The van der Waals surface area contributed by atoms with Gasteiger partial charge in [0.25, 0.3) is 0 Å². The first-order valence-corrected chi connectivity index (χ1v) is 7.66. The van der Waals surface area contributed by atoms with E-state index in [-0.39, 0.29) is 17.0 Å². The van der Waals surface area contributed by atoms with Crippen molar-refractivity contribution in [2.24, 2.45) is 22.1 Å². The molecule has 1 atom stereocenters. The Morgan fingerprint density at radius 2 is 2.11 bits per heavy atom. The SMILES string of the molecule is CC(C)CN1C(=O)N=C(N)C12CSCC(C)(C)C2. The zero-order valence-corrected chi connectivity index (χ0v) is 12.5. The molecule has 2 N–H and O–H groups in total. The quantitative estimate of drug-likeness (QED) is 0.837. The van der Waals surface area contributed by atoms with Crippen LogP contribution in [0.1, 0.15) is 34.1 Å². The Bertz CT molecular complexity index is 392. The van der Waals surface area contributed by atoms with Gasteiger partial charge in [-0.15, -0.1) is 0 Å². The summed E-state index contributed by atoms with van der Waals surface area (Å²) < 4.78 is 0. The molecule has 2 rings (SSSR count). The molecule has 2 heterocycles. The van der Waals surface area contributed by atoms with Crippen LogP contribution in [0.2, 0.25) is 0 Å². The van der Waals surface area contributed by atoms with E-state index in [1.54, 1.807) is 0 Å². The molecule has 0 aliphatic carbocycles. The predicted molar refractivity (Wildman–Crippen MR) is 77.0 cm³/mol. The van der Waals surface area contributed by atoms with Crippen molar-refractivity contribution in [1.82, 2.24) is 4.90 Å². The summed E-state index contributed by atoms with van der Waals surface area (Å²) >= 11 is 1.88. The van der Waals surface area contributed by atoms with Crippen LogP contribution in [-0.4, -0.2) is 40.4 Å². The second-order valence-corrected chi connectivity index (χ2v) is 7.64. The van der Waals surface area contributed by atoms with E-state index in [2.05, 4.69) is 32.7 Å². The van der Waals surface area contributed by atoms with Gasteiger partial charge in [0.15, 0.2) is 0 Å². The van der Waals surface area contributed by atoms with E-state index in [4.69, 9.17) is 5.73 Å². The molecule has 4 nitrogen and oxygen atoms in total. The number of rotatable bonds is 2. The smallest absolute Gasteiger partial charge is 0.346 e. The number of amidine groups is 1. The standard InChI is InChI=1S/C13H23N3OS/c1-9(2)5-16-11(17)15-10(14)13(16)6-12(3,4)7-18-8-13/h9H,5-8H2,1-4H3,(H2,14,15,17). The molecule has 0 bridgehead atoms. The largest absolute Gasteiger partial charge is 0.385 e. The van der Waals surface area contributed by atoms with Crippen molar-refractivity contribution in [3.8, 4) is 0 Å². The third-order valence-electron chi connectivity index (χ3n) is 3.59. The van der Waals surface area contributed by atoms with Crippen molar-refractivity contribution in [1.29, 1.82) is 0 Å². The summed E-state index contributed by atoms with van der Waals surface area (Å²) in [5.74, 6) is 2.95. The Labute approximate surface area is 113 Å². The van der Waals surface area contributed by atoms with Crippen LogP contribution in [0.25, 0.3) is 0 Å². The second-order valence-electron chi connectivity index (χ2n) is 6.65. The van der Waals surface area contributed by atoms with E-state index < -0.39 is 0 Å². The zero-order valence-electron chi connectivity index (χ0n) is 11.7. The topological polar surface area (TPSA) is 58.7 Å². The van der Waals surface area contributed by atoms with Gasteiger partial charge in [-0.1, -0.05) is 27.7 Å². The van der Waals surface area contributed by atoms with Crippen LogP contribution in [0.4, 0.5) is 4.79 Å². The summed E-state index contributed by atoms with van der Waals surface area (Å²) in [6, 6.07) is -0.153. The Morgan fingerprint density at radius 1 is 1.44 bits per heavy atom. The lowest BCUT2D eigenvalue weighted by Crippen LogP contribution is -2.60. The minimum absolute atomic E-state index is 0.153. The third-order valence-corrected chi connectivity index (χ3v) is 5.26. The van der Waals surface area contributed by atoms with Crippen molar-refractivity contribution >= 4 is 23.6 Å². The maximum atomic E-state index is 12.1. The number of carbonyl (C=O) groups excluding carboxylic acids is 1. The molecule has 0 aromatic carbocycles. The normalized spacial score (nSPS) is 31.3. The van der Waals surface area contributed by atoms with Crippen LogP contribution in [0, 0.1) is 11.3 Å². The van der Waals surface area contributed by atoms with Crippen LogP contribution < -0.4 is 5.73 Å². The molecule has 0 aromatic rings. The fourth-order valence-corrected chi connectivity index (χ4v) is 4.43. The van der Waals surface area contributed by atoms with E-state index in [1.807, 2.05) is 16.7 Å². The van der Waals surface area contributed by atoms with Gasteiger partial charge in [0, 0.05) is 12.3 Å². The lowest BCUT2D eigenvalue weighted by Gasteiger charge is -2.47. The maximum absolute atomic E-state index is 12.1. The van der Waals surface area contributed by atoms with Crippen molar-refractivity contribution in [3.05, 3.63) is 0 Å². The fourth-order valence-electron chi connectivity index (χ4n) is 2.93. The molecule has 2 amide bonds. The average molecular weight is 269 g/mol. The van der Waals surface area contributed by atoms with Gasteiger partial charge < -0.3 is 10.6 Å². The van der Waals surface area contributed by atoms with Crippen molar-refractivity contribution < 1.29 is 4.79 Å². The minimum atomic E-state index is -0.340. The van der Waals surface area contributed by atoms with Gasteiger partial charge in [0.1, 0.15) is 11.4 Å². The molecule has 0 aromatic heterocycles. The Morgan fingerprint density at radius 3 is 2.67 bits per heavy atom. The van der Waals surface area contributed by atoms with E-state index >= 15 is 0 Å². The number of amides is 2. The highest BCUT2D eigenvalue weighted by Crippen LogP contribution is 2.44. The average Bonchev–Trinajstić information content (AvgIpc) is 2.41. The number of aliphatic imine (C=N–C) groups is 1. The molecule has 1 fully saturated rings. The van der Waals surface area contributed by atoms with Crippen molar-refractivity contribution in [3.63, 3.8) is 0 Å². The lowest BCUT2D eigenvalue weighted by atomic mass is 9.78. The summed E-state index contributed by atoms with van der Waals surface area (Å²) in [5.41, 5.74) is 5.95. The predicted octanol–water partition coefficient (Wildman–Crippen LogP) is 2.34. The molecular weight excluding hydrogens is 246 g/mol. The Kier molecular flexibility index (Phi) is 3.38. The first kappa shape index (κ1) is 13.7. The van der Waals surface area contributed by atoms with Gasteiger partial charge in [0.2, 0.25) is 0 Å². The first-order valence-electron chi connectivity index (χ1n) is 6.51. The molecule has 5 heteroatoms. The van der Waals surface area contributed by atoms with Crippen LogP contribution >= 0.6 is 11.8 Å². The highest BCUT2D eigenvalue weighted by Gasteiger charge is 2.53. The van der Waals surface area contributed by atoms with Crippen LogP contribution in [0.15, 0.2) is 4.99 Å². The van der Waals surface area contributed by atoms with E-state index in [1.165, 1.54) is 0 Å². The third kappa shape index (κ3) is 2.25. The van der Waals surface area contributed by atoms with Crippen LogP contribution in [0.5, 0.6) is 0 Å². The molecule has 0 radical (unpaired) electrons. The van der Waals surface area contributed by atoms with Gasteiger partial charge in [-0.05, 0) is 23.5 Å². The molecule has 102 valence electrons. The summed E-state index contributed by atoms with van der Waals surface area (Å²) in [5, 5.41) is 0. The summed E-state index contributed by atoms with van der Waals surface area (Å²) in [4.78, 5) is 18.0. The summed E-state index contributed by atoms with van der Waals surface area (Å²) in [6.45, 7) is 9.46. The van der Waals surface area contributed by atoms with E-state index in [0.29, 0.717) is 11.8 Å². The lowest BCUT2D eigenvalue weighted by molar-refractivity contribution is 0.137. The number of carbonyl (C=O) groups is 1. The molecular formula is C13H23N3OS. The van der Waals surface area contributed by atoms with Gasteiger partial charge in [-0.3, -0.25) is 0 Å². The number of nitrogens with zero attached hydrogens (tertiary/aromatic N) is 2. The van der Waals surface area contributed by atoms with E-state index in [9.17, 15) is 4.79 Å². The second kappa shape index (κ2) is 4.44. The number of hydrogen-bond donors (Lipinski definition) is 1. The van der Waals surface area contributed by atoms with Gasteiger partial charge in [-0.2, -0.15) is 16.8 Å². The molecule has 1 saturated heterocycles. The van der Waals surface area contributed by atoms with Crippen LogP contribution in [-0.2, 0) is 0 Å². The van der Waals surface area contributed by atoms with E-state index in [0.717, 1.165) is 24.5 Å². The molecule has 18 heavy (non-hydrogen) atoms. The van der Waals surface area contributed by atoms with Crippen molar-refractivity contribution in [2.45, 2.75) is 39.7 Å². The number of thioether (sulfide) groups is 1. The zero-order chi connectivity index (χ0) is 13.6.